The molecule has 0 atom stereocenters. The molecule has 0 fully saturated rings. The summed E-state index contributed by atoms with van der Waals surface area (Å²) in [5.41, 5.74) is 1.73. The monoisotopic (exact) mass is 234 g/mol. The number of nitrogens with zero attached hydrogens (tertiary/aromatic N) is 2. The van der Waals surface area contributed by atoms with E-state index in [-0.39, 0.29) is 0 Å². The van der Waals surface area contributed by atoms with Crippen LogP contribution in [0, 0.1) is 0 Å². The van der Waals surface area contributed by atoms with Crippen molar-refractivity contribution in [2.45, 2.75) is 25.7 Å². The fourth-order valence-corrected chi connectivity index (χ4v) is 2.01. The number of hydrogen-bond donors (Lipinski definition) is 1. The third kappa shape index (κ3) is 2.43. The average molecular weight is 234 g/mol. The highest BCUT2D eigenvalue weighted by Gasteiger charge is 2.23. The van der Waals surface area contributed by atoms with E-state index in [0.29, 0.717) is 25.2 Å². The Balaban J connectivity index is 2.30. The summed E-state index contributed by atoms with van der Waals surface area (Å²) < 4.78 is 0. The molecule has 0 saturated heterocycles. The van der Waals surface area contributed by atoms with E-state index in [4.69, 9.17) is 5.11 Å². The van der Waals surface area contributed by atoms with Gasteiger partial charge in [0.15, 0.2) is 0 Å². The molecule has 0 spiro atoms. The van der Waals surface area contributed by atoms with E-state index in [1.165, 1.54) is 4.90 Å². The predicted octanol–water partition coefficient (Wildman–Crippen LogP) is 1.64. The summed E-state index contributed by atoms with van der Waals surface area (Å²) in [5.74, 6) is 0.534. The SMILES string of the molecule is O=CCCc1ccc2c(n1)N(C(=O)O)CCC2. The molecule has 1 amide bonds. The lowest BCUT2D eigenvalue weighted by molar-refractivity contribution is -0.107. The Hall–Kier alpha value is -1.91. The van der Waals surface area contributed by atoms with Gasteiger partial charge in [0.05, 0.1) is 0 Å². The number of fused-ring (bicyclic) bond motifs is 1. The van der Waals surface area contributed by atoms with Crippen LogP contribution in [0.15, 0.2) is 12.1 Å². The first-order valence-corrected chi connectivity index (χ1v) is 5.65. The summed E-state index contributed by atoms with van der Waals surface area (Å²) in [5, 5.41) is 9.08. The highest BCUT2D eigenvalue weighted by Crippen LogP contribution is 2.25. The number of aldehydes is 1. The second kappa shape index (κ2) is 4.95. The molecule has 2 rings (SSSR count). The lowest BCUT2D eigenvalue weighted by Gasteiger charge is -2.26. The molecule has 17 heavy (non-hydrogen) atoms. The van der Waals surface area contributed by atoms with Gasteiger partial charge in [-0.05, 0) is 30.9 Å². The number of amides is 1. The van der Waals surface area contributed by atoms with Crippen molar-refractivity contribution in [3.63, 3.8) is 0 Å². The molecule has 1 N–H and O–H groups in total. The van der Waals surface area contributed by atoms with Crippen LogP contribution in [0.5, 0.6) is 0 Å². The maximum atomic E-state index is 11.1. The van der Waals surface area contributed by atoms with Gasteiger partial charge in [-0.25, -0.2) is 9.78 Å². The van der Waals surface area contributed by atoms with Crippen LogP contribution in [0.25, 0.3) is 0 Å². The van der Waals surface area contributed by atoms with E-state index < -0.39 is 6.09 Å². The van der Waals surface area contributed by atoms with Crippen LogP contribution >= 0.6 is 0 Å². The van der Waals surface area contributed by atoms with Crippen molar-refractivity contribution >= 4 is 18.2 Å². The quantitative estimate of drug-likeness (QED) is 0.807. The van der Waals surface area contributed by atoms with E-state index in [1.807, 2.05) is 12.1 Å². The van der Waals surface area contributed by atoms with Crippen molar-refractivity contribution in [3.8, 4) is 0 Å². The van der Waals surface area contributed by atoms with Crippen molar-refractivity contribution in [1.82, 2.24) is 4.98 Å². The van der Waals surface area contributed by atoms with Crippen LogP contribution in [-0.4, -0.2) is 29.0 Å². The Kier molecular flexibility index (Phi) is 3.37. The molecule has 2 heterocycles. The number of carbonyl (C=O) groups excluding carboxylic acids is 1. The number of aryl methyl sites for hydroxylation is 2. The number of aromatic nitrogens is 1. The van der Waals surface area contributed by atoms with Gasteiger partial charge >= 0.3 is 6.09 Å². The first-order valence-electron chi connectivity index (χ1n) is 5.65. The van der Waals surface area contributed by atoms with Gasteiger partial charge in [-0.1, -0.05) is 6.07 Å². The minimum absolute atomic E-state index is 0.416. The predicted molar refractivity (Wildman–Crippen MR) is 62.3 cm³/mol. The van der Waals surface area contributed by atoms with Gasteiger partial charge in [0, 0.05) is 18.7 Å². The molecule has 1 aliphatic heterocycles. The second-order valence-corrected chi connectivity index (χ2v) is 4.03. The molecular weight excluding hydrogens is 220 g/mol. The minimum atomic E-state index is -0.967. The van der Waals surface area contributed by atoms with E-state index in [1.54, 1.807) is 0 Å². The lowest BCUT2D eigenvalue weighted by atomic mass is 10.0. The van der Waals surface area contributed by atoms with Crippen LogP contribution in [0.2, 0.25) is 0 Å². The number of hydrogen-bond acceptors (Lipinski definition) is 3. The first-order chi connectivity index (χ1) is 8.22. The van der Waals surface area contributed by atoms with Gasteiger partial charge in [-0.15, -0.1) is 0 Å². The van der Waals surface area contributed by atoms with Crippen LogP contribution in [0.4, 0.5) is 10.6 Å². The van der Waals surface area contributed by atoms with Crippen molar-refractivity contribution in [2.75, 3.05) is 11.4 Å². The van der Waals surface area contributed by atoms with Gasteiger partial charge in [0.1, 0.15) is 12.1 Å². The zero-order valence-corrected chi connectivity index (χ0v) is 9.43. The summed E-state index contributed by atoms with van der Waals surface area (Å²) in [6.45, 7) is 0.493. The smallest absolute Gasteiger partial charge is 0.413 e. The largest absolute Gasteiger partial charge is 0.465 e. The van der Waals surface area contributed by atoms with Gasteiger partial charge in [-0.3, -0.25) is 4.90 Å². The maximum absolute atomic E-state index is 11.1. The lowest BCUT2D eigenvalue weighted by Crippen LogP contribution is -2.35. The molecule has 1 aliphatic rings. The second-order valence-electron chi connectivity index (χ2n) is 4.03. The third-order valence-corrected chi connectivity index (χ3v) is 2.85. The molecule has 1 aromatic rings. The van der Waals surface area contributed by atoms with Crippen LogP contribution in [0.1, 0.15) is 24.1 Å². The molecule has 5 nitrogen and oxygen atoms in total. The van der Waals surface area contributed by atoms with Crippen LogP contribution in [0.3, 0.4) is 0 Å². The molecule has 0 unspecified atom stereocenters. The van der Waals surface area contributed by atoms with Crippen LogP contribution in [-0.2, 0) is 17.6 Å². The Bertz CT molecular complexity index is 445. The van der Waals surface area contributed by atoms with E-state index in [2.05, 4.69) is 4.98 Å². The molecular formula is C12H14N2O3. The Morgan fingerprint density at radius 1 is 1.53 bits per heavy atom. The van der Waals surface area contributed by atoms with Gasteiger partial charge in [0.25, 0.3) is 0 Å². The average Bonchev–Trinajstić information content (AvgIpc) is 2.35. The minimum Gasteiger partial charge on any atom is -0.465 e. The summed E-state index contributed by atoms with van der Waals surface area (Å²) in [6, 6.07) is 3.78. The maximum Gasteiger partial charge on any atom is 0.413 e. The van der Waals surface area contributed by atoms with Crippen LogP contribution < -0.4 is 4.90 Å². The normalized spacial score (nSPS) is 14.2. The summed E-state index contributed by atoms with van der Waals surface area (Å²) >= 11 is 0. The van der Waals surface area contributed by atoms with Gasteiger partial charge in [0.2, 0.25) is 0 Å². The number of pyridine rings is 1. The molecule has 0 radical (unpaired) electrons. The number of anilines is 1. The topological polar surface area (TPSA) is 70.5 Å². The Labute approximate surface area is 99.1 Å². The number of carboxylic acid groups (broad SMARTS) is 1. The first kappa shape index (κ1) is 11.6. The third-order valence-electron chi connectivity index (χ3n) is 2.85. The molecule has 0 bridgehead atoms. The molecule has 0 aromatic carbocycles. The van der Waals surface area contributed by atoms with E-state index in [9.17, 15) is 9.59 Å². The summed E-state index contributed by atoms with van der Waals surface area (Å²) in [4.78, 5) is 27.0. The highest BCUT2D eigenvalue weighted by atomic mass is 16.4. The van der Waals surface area contributed by atoms with Crippen molar-refractivity contribution in [2.24, 2.45) is 0 Å². The van der Waals surface area contributed by atoms with Gasteiger partial charge in [-0.2, -0.15) is 0 Å². The van der Waals surface area contributed by atoms with Crippen molar-refractivity contribution < 1.29 is 14.7 Å². The van der Waals surface area contributed by atoms with Gasteiger partial charge < -0.3 is 9.90 Å². The summed E-state index contributed by atoms with van der Waals surface area (Å²) in [7, 11) is 0. The molecule has 90 valence electrons. The standard InChI is InChI=1S/C12H14N2O3/c15-8-2-4-10-6-5-9-3-1-7-14(12(16)17)11(9)13-10/h5-6,8H,1-4,7H2,(H,16,17). The van der Waals surface area contributed by atoms with Crippen molar-refractivity contribution in [3.05, 3.63) is 23.4 Å². The number of rotatable bonds is 3. The molecule has 0 saturated carbocycles. The Morgan fingerprint density at radius 2 is 2.35 bits per heavy atom. The fourth-order valence-electron chi connectivity index (χ4n) is 2.01. The molecule has 0 aliphatic carbocycles. The Morgan fingerprint density at radius 3 is 3.06 bits per heavy atom. The zero-order valence-electron chi connectivity index (χ0n) is 9.43. The number of carbonyl (C=O) groups is 2. The van der Waals surface area contributed by atoms with Crippen molar-refractivity contribution in [1.29, 1.82) is 0 Å². The molecule has 5 heteroatoms. The molecule has 1 aromatic heterocycles. The fraction of sp³-hybridized carbons (Fsp3) is 0.417. The van der Waals surface area contributed by atoms with E-state index in [0.717, 1.165) is 30.4 Å². The summed E-state index contributed by atoms with van der Waals surface area (Å²) in [6.07, 6.45) is 2.54. The van der Waals surface area contributed by atoms with E-state index >= 15 is 0 Å². The zero-order chi connectivity index (χ0) is 12.3. The highest BCUT2D eigenvalue weighted by molar-refractivity contribution is 5.86.